The zero-order valence-corrected chi connectivity index (χ0v) is 10.6. The number of hydrogen-bond donors (Lipinski definition) is 1. The predicted molar refractivity (Wildman–Crippen MR) is 69.6 cm³/mol. The first-order valence-electron chi connectivity index (χ1n) is 6.82. The van der Waals surface area contributed by atoms with E-state index in [1.54, 1.807) is 6.07 Å². The fraction of sp³-hybridized carbons (Fsp3) is 0.538. The van der Waals surface area contributed by atoms with Crippen LogP contribution >= 0.6 is 0 Å². The minimum Gasteiger partial charge on any atom is -0.349 e. The molecule has 0 spiro atoms. The second kappa shape index (κ2) is 4.16. The molecule has 19 heavy (non-hydrogen) atoms. The molecule has 2 aromatic rings. The maximum absolute atomic E-state index is 13.1. The van der Waals surface area contributed by atoms with Crippen LogP contribution in [0.5, 0.6) is 0 Å². The van der Waals surface area contributed by atoms with Crippen LogP contribution < -0.4 is 5.32 Å². The van der Waals surface area contributed by atoms with Gasteiger partial charge in [-0.15, -0.1) is 5.10 Å². The predicted octanol–water partition coefficient (Wildman–Crippen LogP) is 1.52. The minimum absolute atomic E-state index is 0.299. The molecule has 0 bridgehead atoms. The Kier molecular flexibility index (Phi) is 2.44. The van der Waals surface area contributed by atoms with E-state index in [1.807, 2.05) is 0 Å². The van der Waals surface area contributed by atoms with Gasteiger partial charge in [-0.05, 0) is 37.9 Å². The number of anilines is 1. The highest BCUT2D eigenvalue weighted by Crippen LogP contribution is 2.29. The largest absolute Gasteiger partial charge is 0.349 e. The van der Waals surface area contributed by atoms with Crippen LogP contribution in [0.25, 0.3) is 5.65 Å². The summed E-state index contributed by atoms with van der Waals surface area (Å²) in [5.41, 5.74) is 0.671. The molecule has 2 fully saturated rings. The molecular weight excluding hydrogens is 245 g/mol. The van der Waals surface area contributed by atoms with Crippen molar-refractivity contribution in [1.29, 1.82) is 0 Å². The lowest BCUT2D eigenvalue weighted by molar-refractivity contribution is 0.318. The highest BCUT2D eigenvalue weighted by molar-refractivity contribution is 5.43. The van der Waals surface area contributed by atoms with E-state index in [9.17, 15) is 4.39 Å². The SMILES string of the molecule is Fc1ccc2nc(NC3CCN4CCCC34)nn2c1. The van der Waals surface area contributed by atoms with E-state index in [2.05, 4.69) is 20.3 Å². The summed E-state index contributed by atoms with van der Waals surface area (Å²) >= 11 is 0. The average Bonchev–Trinajstić information content (AvgIpc) is 3.05. The summed E-state index contributed by atoms with van der Waals surface area (Å²) < 4.78 is 14.6. The van der Waals surface area contributed by atoms with Crippen molar-refractivity contribution >= 4 is 11.6 Å². The summed E-state index contributed by atoms with van der Waals surface area (Å²) in [4.78, 5) is 6.92. The van der Waals surface area contributed by atoms with Gasteiger partial charge in [-0.3, -0.25) is 4.90 Å². The van der Waals surface area contributed by atoms with Gasteiger partial charge in [-0.2, -0.15) is 4.98 Å². The van der Waals surface area contributed by atoms with Gasteiger partial charge in [0.15, 0.2) is 5.65 Å². The van der Waals surface area contributed by atoms with Gasteiger partial charge in [0.05, 0.1) is 6.20 Å². The Bertz CT molecular complexity index is 610. The lowest BCUT2D eigenvalue weighted by Crippen LogP contribution is -2.34. The molecule has 2 aliphatic rings. The van der Waals surface area contributed by atoms with E-state index >= 15 is 0 Å². The van der Waals surface area contributed by atoms with Gasteiger partial charge in [0.25, 0.3) is 0 Å². The Morgan fingerprint density at radius 1 is 1.26 bits per heavy atom. The van der Waals surface area contributed by atoms with E-state index in [0.717, 1.165) is 13.0 Å². The van der Waals surface area contributed by atoms with Gasteiger partial charge in [0.2, 0.25) is 5.95 Å². The van der Waals surface area contributed by atoms with Gasteiger partial charge in [-0.25, -0.2) is 8.91 Å². The molecule has 4 heterocycles. The summed E-state index contributed by atoms with van der Waals surface area (Å²) in [6.07, 6.45) is 5.02. The van der Waals surface area contributed by atoms with Crippen molar-refractivity contribution in [2.75, 3.05) is 18.4 Å². The lowest BCUT2D eigenvalue weighted by atomic mass is 10.1. The molecule has 6 heteroatoms. The van der Waals surface area contributed by atoms with Gasteiger partial charge >= 0.3 is 0 Å². The van der Waals surface area contributed by atoms with E-state index in [0.29, 0.717) is 23.7 Å². The minimum atomic E-state index is -0.299. The van der Waals surface area contributed by atoms with Crippen molar-refractivity contribution in [1.82, 2.24) is 19.5 Å². The molecule has 2 atom stereocenters. The molecular formula is C13H16FN5. The molecule has 0 saturated carbocycles. The van der Waals surface area contributed by atoms with Crippen LogP contribution in [0.4, 0.5) is 10.3 Å². The van der Waals surface area contributed by atoms with Crippen molar-refractivity contribution in [2.24, 2.45) is 0 Å². The Morgan fingerprint density at radius 2 is 2.21 bits per heavy atom. The number of hydrogen-bond acceptors (Lipinski definition) is 4. The number of halogens is 1. The first kappa shape index (κ1) is 11.2. The van der Waals surface area contributed by atoms with Crippen molar-refractivity contribution in [3.05, 3.63) is 24.1 Å². The highest BCUT2D eigenvalue weighted by Gasteiger charge is 2.37. The van der Waals surface area contributed by atoms with Crippen molar-refractivity contribution in [2.45, 2.75) is 31.3 Å². The third kappa shape index (κ3) is 1.87. The number of pyridine rings is 1. The average molecular weight is 261 g/mol. The van der Waals surface area contributed by atoms with E-state index in [4.69, 9.17) is 0 Å². The van der Waals surface area contributed by atoms with Crippen LogP contribution in [0.2, 0.25) is 0 Å². The zero-order valence-electron chi connectivity index (χ0n) is 10.6. The summed E-state index contributed by atoms with van der Waals surface area (Å²) in [6, 6.07) is 4.08. The molecule has 2 saturated heterocycles. The number of rotatable bonds is 2. The molecule has 2 aliphatic heterocycles. The van der Waals surface area contributed by atoms with E-state index < -0.39 is 0 Å². The second-order valence-electron chi connectivity index (χ2n) is 5.37. The Hall–Kier alpha value is -1.69. The normalized spacial score (nSPS) is 27.0. The first-order valence-corrected chi connectivity index (χ1v) is 6.82. The summed E-state index contributed by atoms with van der Waals surface area (Å²) in [5, 5.41) is 7.70. The number of aromatic nitrogens is 3. The number of nitrogens with zero attached hydrogens (tertiary/aromatic N) is 4. The Labute approximate surface area is 110 Å². The van der Waals surface area contributed by atoms with Crippen LogP contribution in [0.15, 0.2) is 18.3 Å². The fourth-order valence-electron chi connectivity index (χ4n) is 3.34. The van der Waals surface area contributed by atoms with Gasteiger partial charge < -0.3 is 5.32 Å². The second-order valence-corrected chi connectivity index (χ2v) is 5.37. The standard InChI is InChI=1S/C13H16FN5/c14-9-3-4-12-16-13(17-19(12)8-9)15-10-5-7-18-6-1-2-11(10)18/h3-4,8,10-11H,1-2,5-7H2,(H,15,17). The lowest BCUT2D eigenvalue weighted by Gasteiger charge is -2.20. The van der Waals surface area contributed by atoms with Crippen LogP contribution in [0, 0.1) is 5.82 Å². The van der Waals surface area contributed by atoms with Crippen molar-refractivity contribution < 1.29 is 4.39 Å². The Morgan fingerprint density at radius 3 is 3.16 bits per heavy atom. The molecule has 4 rings (SSSR count). The van der Waals surface area contributed by atoms with E-state index in [-0.39, 0.29) is 5.82 Å². The molecule has 0 radical (unpaired) electrons. The molecule has 2 unspecified atom stereocenters. The van der Waals surface area contributed by atoms with Gasteiger partial charge in [-0.1, -0.05) is 0 Å². The molecule has 2 aromatic heterocycles. The summed E-state index contributed by atoms with van der Waals surface area (Å²) in [7, 11) is 0. The van der Waals surface area contributed by atoms with Gasteiger partial charge in [0.1, 0.15) is 5.82 Å². The van der Waals surface area contributed by atoms with Crippen LogP contribution in [0.3, 0.4) is 0 Å². The van der Waals surface area contributed by atoms with Crippen LogP contribution in [-0.2, 0) is 0 Å². The van der Waals surface area contributed by atoms with Crippen molar-refractivity contribution in [3.63, 3.8) is 0 Å². The van der Waals surface area contributed by atoms with Crippen molar-refractivity contribution in [3.8, 4) is 0 Å². The third-order valence-electron chi connectivity index (χ3n) is 4.22. The molecule has 0 amide bonds. The van der Waals surface area contributed by atoms with Crippen LogP contribution in [-0.4, -0.2) is 44.7 Å². The molecule has 0 aromatic carbocycles. The molecule has 5 nitrogen and oxygen atoms in total. The third-order valence-corrected chi connectivity index (χ3v) is 4.22. The molecule has 100 valence electrons. The maximum Gasteiger partial charge on any atom is 0.243 e. The van der Waals surface area contributed by atoms with Gasteiger partial charge in [0, 0.05) is 18.6 Å². The highest BCUT2D eigenvalue weighted by atomic mass is 19.1. The summed E-state index contributed by atoms with van der Waals surface area (Å²) in [5.74, 6) is 0.302. The number of nitrogens with one attached hydrogen (secondary N) is 1. The quantitative estimate of drug-likeness (QED) is 0.890. The first-order chi connectivity index (χ1) is 9.29. The topological polar surface area (TPSA) is 45.5 Å². The van der Waals surface area contributed by atoms with E-state index in [1.165, 1.54) is 36.2 Å². The summed E-state index contributed by atoms with van der Waals surface area (Å²) in [6.45, 7) is 2.37. The zero-order chi connectivity index (χ0) is 12.8. The maximum atomic E-state index is 13.1. The smallest absolute Gasteiger partial charge is 0.243 e. The molecule has 0 aliphatic carbocycles. The Balaban J connectivity index is 1.58. The van der Waals surface area contributed by atoms with Crippen LogP contribution in [0.1, 0.15) is 19.3 Å². The number of fused-ring (bicyclic) bond motifs is 2. The fourth-order valence-corrected chi connectivity index (χ4v) is 3.34. The monoisotopic (exact) mass is 261 g/mol. The molecule has 1 N–H and O–H groups in total.